The van der Waals surface area contributed by atoms with Crippen LogP contribution in [0.25, 0.3) is 11.4 Å². The SMILES string of the molecule is O=C(NN1CCN(C(=O)OCc2ccccc2)CC1=O)c1cnc(-c2ccccc2)nc1. The van der Waals surface area contributed by atoms with Crippen molar-refractivity contribution in [2.24, 2.45) is 0 Å². The van der Waals surface area contributed by atoms with Crippen LogP contribution in [0, 0.1) is 0 Å². The van der Waals surface area contributed by atoms with E-state index in [0.29, 0.717) is 5.82 Å². The summed E-state index contributed by atoms with van der Waals surface area (Å²) in [4.78, 5) is 46.9. The molecule has 0 unspecified atom stereocenters. The summed E-state index contributed by atoms with van der Waals surface area (Å²) in [6.07, 6.45) is 2.25. The Hall–Kier alpha value is -4.27. The van der Waals surface area contributed by atoms with Crippen LogP contribution in [0.5, 0.6) is 0 Å². The van der Waals surface area contributed by atoms with Crippen molar-refractivity contribution in [3.8, 4) is 11.4 Å². The minimum atomic E-state index is -0.571. The molecule has 9 heteroatoms. The number of hydrogen-bond acceptors (Lipinski definition) is 6. The summed E-state index contributed by atoms with van der Waals surface area (Å²) in [6.45, 7) is 0.332. The number of carbonyl (C=O) groups excluding carboxylic acids is 3. The number of hydrazine groups is 1. The molecule has 0 bridgehead atoms. The van der Waals surface area contributed by atoms with Gasteiger partial charge in [0.15, 0.2) is 5.82 Å². The summed E-state index contributed by atoms with van der Waals surface area (Å²) in [5.41, 5.74) is 4.47. The van der Waals surface area contributed by atoms with E-state index in [-0.39, 0.29) is 31.8 Å². The summed E-state index contributed by atoms with van der Waals surface area (Å²) < 4.78 is 5.26. The molecule has 0 radical (unpaired) electrons. The van der Waals surface area contributed by atoms with E-state index >= 15 is 0 Å². The van der Waals surface area contributed by atoms with E-state index in [1.165, 1.54) is 22.3 Å². The van der Waals surface area contributed by atoms with E-state index < -0.39 is 17.9 Å². The molecule has 3 amide bonds. The van der Waals surface area contributed by atoms with Crippen LogP contribution in [0.1, 0.15) is 15.9 Å². The van der Waals surface area contributed by atoms with Gasteiger partial charge in [0.05, 0.1) is 12.1 Å². The zero-order valence-electron chi connectivity index (χ0n) is 17.2. The third kappa shape index (κ3) is 5.07. The van der Waals surface area contributed by atoms with E-state index in [1.54, 1.807) is 0 Å². The van der Waals surface area contributed by atoms with Crippen molar-refractivity contribution in [2.75, 3.05) is 19.6 Å². The van der Waals surface area contributed by atoms with Gasteiger partial charge in [0.2, 0.25) is 0 Å². The van der Waals surface area contributed by atoms with Gasteiger partial charge in [-0.2, -0.15) is 0 Å². The molecule has 4 rings (SSSR count). The van der Waals surface area contributed by atoms with Crippen molar-refractivity contribution in [2.45, 2.75) is 6.61 Å². The highest BCUT2D eigenvalue weighted by Gasteiger charge is 2.29. The van der Waals surface area contributed by atoms with Crippen LogP contribution < -0.4 is 5.43 Å². The minimum absolute atomic E-state index is 0.129. The molecule has 0 aliphatic carbocycles. The van der Waals surface area contributed by atoms with Crippen molar-refractivity contribution in [3.05, 3.63) is 84.2 Å². The van der Waals surface area contributed by atoms with Crippen molar-refractivity contribution >= 4 is 17.9 Å². The Labute approximate surface area is 184 Å². The number of benzene rings is 2. The average molecular weight is 431 g/mol. The Balaban J connectivity index is 1.29. The largest absolute Gasteiger partial charge is 0.445 e. The molecule has 162 valence electrons. The van der Waals surface area contributed by atoms with Crippen LogP contribution in [-0.4, -0.2) is 57.4 Å². The number of amides is 3. The number of hydrogen-bond donors (Lipinski definition) is 1. The predicted molar refractivity (Wildman–Crippen MR) is 115 cm³/mol. The molecule has 1 aromatic heterocycles. The lowest BCUT2D eigenvalue weighted by Gasteiger charge is -2.33. The Morgan fingerprint density at radius 3 is 2.25 bits per heavy atom. The fourth-order valence-electron chi connectivity index (χ4n) is 3.13. The molecule has 2 heterocycles. The molecule has 1 aliphatic heterocycles. The Morgan fingerprint density at radius 2 is 1.59 bits per heavy atom. The summed E-state index contributed by atoms with van der Waals surface area (Å²) in [7, 11) is 0. The van der Waals surface area contributed by atoms with Crippen LogP contribution in [-0.2, 0) is 16.1 Å². The van der Waals surface area contributed by atoms with E-state index in [2.05, 4.69) is 15.4 Å². The summed E-state index contributed by atoms with van der Waals surface area (Å²) in [5.74, 6) is -0.415. The number of aromatic nitrogens is 2. The number of ether oxygens (including phenoxy) is 1. The van der Waals surface area contributed by atoms with Crippen LogP contribution in [0.3, 0.4) is 0 Å². The highest BCUT2D eigenvalue weighted by molar-refractivity contribution is 5.95. The Bertz CT molecular complexity index is 1090. The lowest BCUT2D eigenvalue weighted by molar-refractivity contribution is -0.138. The topological polar surface area (TPSA) is 105 Å². The van der Waals surface area contributed by atoms with Crippen molar-refractivity contribution in [3.63, 3.8) is 0 Å². The van der Waals surface area contributed by atoms with Gasteiger partial charge in [-0.25, -0.2) is 14.8 Å². The fourth-order valence-corrected chi connectivity index (χ4v) is 3.13. The first-order valence-electron chi connectivity index (χ1n) is 10.0. The molecule has 2 aromatic carbocycles. The first-order chi connectivity index (χ1) is 15.6. The third-order valence-electron chi connectivity index (χ3n) is 4.87. The van der Waals surface area contributed by atoms with Crippen molar-refractivity contribution in [1.29, 1.82) is 0 Å². The van der Waals surface area contributed by atoms with Crippen LogP contribution >= 0.6 is 0 Å². The van der Waals surface area contributed by atoms with Crippen LogP contribution in [0.2, 0.25) is 0 Å². The molecule has 1 aliphatic rings. The van der Waals surface area contributed by atoms with Gasteiger partial charge < -0.3 is 4.74 Å². The zero-order chi connectivity index (χ0) is 22.3. The number of carbonyl (C=O) groups is 3. The molecule has 1 fully saturated rings. The van der Waals surface area contributed by atoms with Crippen LogP contribution in [0.4, 0.5) is 4.79 Å². The number of nitrogens with zero attached hydrogens (tertiary/aromatic N) is 4. The quantitative estimate of drug-likeness (QED) is 0.665. The minimum Gasteiger partial charge on any atom is -0.445 e. The van der Waals surface area contributed by atoms with Gasteiger partial charge in [0, 0.05) is 24.5 Å². The monoisotopic (exact) mass is 431 g/mol. The summed E-state index contributed by atoms with van der Waals surface area (Å²) in [5, 5.41) is 1.19. The second kappa shape index (κ2) is 9.69. The average Bonchev–Trinajstić information content (AvgIpc) is 2.85. The molecule has 0 atom stereocenters. The van der Waals surface area contributed by atoms with Gasteiger partial charge in [-0.05, 0) is 5.56 Å². The van der Waals surface area contributed by atoms with Gasteiger partial charge in [-0.15, -0.1) is 0 Å². The van der Waals surface area contributed by atoms with Crippen molar-refractivity contribution < 1.29 is 19.1 Å². The molecular weight excluding hydrogens is 410 g/mol. The molecule has 1 saturated heterocycles. The van der Waals surface area contributed by atoms with Gasteiger partial charge in [0.25, 0.3) is 11.8 Å². The Morgan fingerprint density at radius 1 is 0.938 bits per heavy atom. The van der Waals surface area contributed by atoms with E-state index in [0.717, 1.165) is 11.1 Å². The standard InChI is InChI=1S/C23H21N5O4/c29-20-15-27(23(31)32-16-17-7-3-1-4-8-17)11-12-28(20)26-22(30)19-13-24-21(25-14-19)18-9-5-2-6-10-18/h1-10,13-14H,11-12,15-16H2,(H,26,30). The second-order valence-electron chi connectivity index (χ2n) is 7.11. The molecule has 9 nitrogen and oxygen atoms in total. The maximum atomic E-state index is 12.5. The predicted octanol–water partition coefficient (Wildman–Crippen LogP) is 2.27. The normalized spacial score (nSPS) is 13.6. The second-order valence-corrected chi connectivity index (χ2v) is 7.11. The summed E-state index contributed by atoms with van der Waals surface area (Å²) in [6, 6.07) is 18.7. The fraction of sp³-hybridized carbons (Fsp3) is 0.174. The highest BCUT2D eigenvalue weighted by atomic mass is 16.6. The number of nitrogens with one attached hydrogen (secondary N) is 1. The van der Waals surface area contributed by atoms with Gasteiger partial charge in [0.1, 0.15) is 13.2 Å². The summed E-state index contributed by atoms with van der Waals surface area (Å²) >= 11 is 0. The lowest BCUT2D eigenvalue weighted by Crippen LogP contribution is -2.58. The molecular formula is C23H21N5O4. The molecule has 0 saturated carbocycles. The lowest BCUT2D eigenvalue weighted by atomic mass is 10.2. The third-order valence-corrected chi connectivity index (χ3v) is 4.87. The van der Waals surface area contributed by atoms with E-state index in [4.69, 9.17) is 4.74 Å². The van der Waals surface area contributed by atoms with Gasteiger partial charge in [-0.1, -0.05) is 60.7 Å². The first-order valence-corrected chi connectivity index (χ1v) is 10.0. The molecule has 0 spiro atoms. The zero-order valence-corrected chi connectivity index (χ0v) is 17.2. The number of rotatable bonds is 5. The van der Waals surface area contributed by atoms with Gasteiger partial charge in [-0.3, -0.25) is 24.9 Å². The maximum absolute atomic E-state index is 12.5. The van der Waals surface area contributed by atoms with Crippen molar-refractivity contribution in [1.82, 2.24) is 25.3 Å². The first kappa shape index (κ1) is 21.0. The van der Waals surface area contributed by atoms with E-state index in [9.17, 15) is 14.4 Å². The van der Waals surface area contributed by atoms with Crippen LogP contribution in [0.15, 0.2) is 73.1 Å². The van der Waals surface area contributed by atoms with E-state index in [1.807, 2.05) is 60.7 Å². The smallest absolute Gasteiger partial charge is 0.410 e. The number of piperazine rings is 1. The maximum Gasteiger partial charge on any atom is 0.410 e. The van der Waals surface area contributed by atoms with Gasteiger partial charge >= 0.3 is 6.09 Å². The Kier molecular flexibility index (Phi) is 6.35. The molecule has 3 aromatic rings. The molecule has 1 N–H and O–H groups in total. The molecule has 32 heavy (non-hydrogen) atoms. The highest BCUT2D eigenvalue weighted by Crippen LogP contribution is 2.13.